The number of sulfonamides is 1. The van der Waals surface area contributed by atoms with Crippen LogP contribution in [0, 0.1) is 0 Å². The molecule has 1 aliphatic heterocycles. The molecule has 0 atom stereocenters. The van der Waals surface area contributed by atoms with E-state index in [1.165, 1.54) is 4.31 Å². The van der Waals surface area contributed by atoms with E-state index in [9.17, 15) is 21.6 Å². The molecule has 0 amide bonds. The Morgan fingerprint density at radius 1 is 1.05 bits per heavy atom. The van der Waals surface area contributed by atoms with Crippen LogP contribution < -0.4 is 5.32 Å². The molecule has 0 unspecified atom stereocenters. The molecular formula is C12H15F3N2O2S. The number of rotatable bonds is 2. The summed E-state index contributed by atoms with van der Waals surface area (Å²) >= 11 is 0. The van der Waals surface area contributed by atoms with Crippen molar-refractivity contribution in [3.63, 3.8) is 0 Å². The minimum absolute atomic E-state index is 0.104. The Morgan fingerprint density at radius 3 is 2.30 bits per heavy atom. The Kier molecular flexibility index (Phi) is 4.36. The summed E-state index contributed by atoms with van der Waals surface area (Å²) in [5, 5.41) is 3.07. The van der Waals surface area contributed by atoms with Gasteiger partial charge < -0.3 is 5.32 Å². The summed E-state index contributed by atoms with van der Waals surface area (Å²) in [6.45, 7) is 1.97. The largest absolute Gasteiger partial charge is 0.416 e. The standard InChI is InChI=1S/C12H15F3N2O2S/c13-12(14,15)10-2-4-11(5-3-10)20(18,19)17-8-1-6-16-7-9-17/h2-5,16H,1,6-9H2. The highest BCUT2D eigenvalue weighted by Crippen LogP contribution is 2.30. The Bertz CT molecular complexity index is 547. The lowest BCUT2D eigenvalue weighted by atomic mass is 10.2. The summed E-state index contributed by atoms with van der Waals surface area (Å²) in [6.07, 6.45) is -3.78. The molecule has 1 saturated heterocycles. The molecule has 2 rings (SSSR count). The van der Waals surface area contributed by atoms with Crippen LogP contribution in [0.1, 0.15) is 12.0 Å². The molecule has 0 aliphatic carbocycles. The van der Waals surface area contributed by atoms with Crippen molar-refractivity contribution in [1.29, 1.82) is 0 Å². The van der Waals surface area contributed by atoms with Crippen molar-refractivity contribution in [3.8, 4) is 0 Å². The van der Waals surface area contributed by atoms with Crippen LogP contribution in [0.25, 0.3) is 0 Å². The minimum Gasteiger partial charge on any atom is -0.315 e. The molecule has 0 saturated carbocycles. The summed E-state index contributed by atoms with van der Waals surface area (Å²) < 4.78 is 63.3. The number of nitrogens with zero attached hydrogens (tertiary/aromatic N) is 1. The second-order valence-electron chi connectivity index (χ2n) is 4.53. The molecule has 112 valence electrons. The Labute approximate surface area is 115 Å². The zero-order chi connectivity index (χ0) is 14.8. The van der Waals surface area contributed by atoms with Gasteiger partial charge in [-0.1, -0.05) is 0 Å². The molecule has 1 N–H and O–H groups in total. The highest BCUT2D eigenvalue weighted by Gasteiger charge is 2.31. The van der Waals surface area contributed by atoms with Crippen LogP contribution >= 0.6 is 0 Å². The van der Waals surface area contributed by atoms with Gasteiger partial charge in [-0.15, -0.1) is 0 Å². The van der Waals surface area contributed by atoms with Gasteiger partial charge in [0.05, 0.1) is 10.5 Å². The first kappa shape index (κ1) is 15.3. The Morgan fingerprint density at radius 2 is 1.70 bits per heavy atom. The van der Waals surface area contributed by atoms with Crippen molar-refractivity contribution < 1.29 is 21.6 Å². The molecule has 1 fully saturated rings. The number of nitrogens with one attached hydrogen (secondary N) is 1. The maximum absolute atomic E-state index is 12.5. The molecular weight excluding hydrogens is 293 g/mol. The second kappa shape index (κ2) is 5.71. The second-order valence-corrected chi connectivity index (χ2v) is 6.47. The van der Waals surface area contributed by atoms with E-state index in [0.717, 1.165) is 30.8 Å². The van der Waals surface area contributed by atoms with E-state index in [2.05, 4.69) is 5.32 Å². The number of hydrogen-bond acceptors (Lipinski definition) is 3. The van der Waals surface area contributed by atoms with Gasteiger partial charge in [0.2, 0.25) is 10.0 Å². The first-order valence-corrected chi connectivity index (χ1v) is 7.64. The molecule has 1 aromatic rings. The average molecular weight is 308 g/mol. The molecule has 1 aromatic carbocycles. The van der Waals surface area contributed by atoms with Crippen LogP contribution in [-0.4, -0.2) is 38.9 Å². The Balaban J connectivity index is 2.25. The SMILES string of the molecule is O=S(=O)(c1ccc(C(F)(F)F)cc1)N1CCCNCC1. The first-order chi connectivity index (χ1) is 9.32. The van der Waals surface area contributed by atoms with Crippen LogP contribution in [0.4, 0.5) is 13.2 Å². The topological polar surface area (TPSA) is 49.4 Å². The zero-order valence-electron chi connectivity index (χ0n) is 10.7. The fourth-order valence-electron chi connectivity index (χ4n) is 2.03. The minimum atomic E-state index is -4.46. The first-order valence-electron chi connectivity index (χ1n) is 6.20. The summed E-state index contributed by atoms with van der Waals surface area (Å²) in [6, 6.07) is 3.61. The lowest BCUT2D eigenvalue weighted by Crippen LogP contribution is -2.34. The van der Waals surface area contributed by atoms with E-state index in [1.54, 1.807) is 0 Å². The van der Waals surface area contributed by atoms with Crippen LogP contribution in [0.15, 0.2) is 29.2 Å². The van der Waals surface area contributed by atoms with E-state index < -0.39 is 21.8 Å². The van der Waals surface area contributed by atoms with Crippen LogP contribution in [0.5, 0.6) is 0 Å². The zero-order valence-corrected chi connectivity index (χ0v) is 11.5. The van der Waals surface area contributed by atoms with Gasteiger partial charge in [0, 0.05) is 19.6 Å². The van der Waals surface area contributed by atoms with Crippen molar-refractivity contribution in [3.05, 3.63) is 29.8 Å². The van der Waals surface area contributed by atoms with E-state index in [-0.39, 0.29) is 4.90 Å². The molecule has 0 bridgehead atoms. The van der Waals surface area contributed by atoms with Gasteiger partial charge in [-0.2, -0.15) is 17.5 Å². The third-order valence-electron chi connectivity index (χ3n) is 3.12. The van der Waals surface area contributed by atoms with E-state index in [4.69, 9.17) is 0 Å². The molecule has 1 heterocycles. The fraction of sp³-hybridized carbons (Fsp3) is 0.500. The maximum atomic E-state index is 12.5. The van der Waals surface area contributed by atoms with E-state index in [0.29, 0.717) is 26.1 Å². The van der Waals surface area contributed by atoms with Crippen molar-refractivity contribution in [1.82, 2.24) is 9.62 Å². The van der Waals surface area contributed by atoms with E-state index >= 15 is 0 Å². The third kappa shape index (κ3) is 3.31. The van der Waals surface area contributed by atoms with Gasteiger partial charge in [0.15, 0.2) is 0 Å². The van der Waals surface area contributed by atoms with Crippen LogP contribution in [0.3, 0.4) is 0 Å². The monoisotopic (exact) mass is 308 g/mol. The molecule has 0 radical (unpaired) electrons. The highest BCUT2D eigenvalue weighted by molar-refractivity contribution is 7.89. The lowest BCUT2D eigenvalue weighted by molar-refractivity contribution is -0.137. The molecule has 8 heteroatoms. The third-order valence-corrected chi connectivity index (χ3v) is 5.03. The molecule has 0 aromatic heterocycles. The number of halogens is 3. The van der Waals surface area contributed by atoms with Gasteiger partial charge in [0.25, 0.3) is 0 Å². The fourth-order valence-corrected chi connectivity index (χ4v) is 3.51. The molecule has 4 nitrogen and oxygen atoms in total. The van der Waals surface area contributed by atoms with Crippen LogP contribution in [-0.2, 0) is 16.2 Å². The molecule has 1 aliphatic rings. The highest BCUT2D eigenvalue weighted by atomic mass is 32.2. The van der Waals surface area contributed by atoms with Crippen molar-refractivity contribution >= 4 is 10.0 Å². The lowest BCUT2D eigenvalue weighted by Gasteiger charge is -2.19. The smallest absolute Gasteiger partial charge is 0.315 e. The van der Waals surface area contributed by atoms with Crippen molar-refractivity contribution in [2.24, 2.45) is 0 Å². The summed E-state index contributed by atoms with van der Waals surface area (Å²) in [5.41, 5.74) is -0.853. The summed E-state index contributed by atoms with van der Waals surface area (Å²) in [7, 11) is -3.72. The quantitative estimate of drug-likeness (QED) is 0.904. The van der Waals surface area contributed by atoms with E-state index in [1.807, 2.05) is 0 Å². The van der Waals surface area contributed by atoms with Crippen molar-refractivity contribution in [2.75, 3.05) is 26.2 Å². The number of alkyl halides is 3. The van der Waals surface area contributed by atoms with Gasteiger partial charge in [-0.3, -0.25) is 0 Å². The average Bonchev–Trinajstić information content (AvgIpc) is 2.67. The van der Waals surface area contributed by atoms with Gasteiger partial charge in [0.1, 0.15) is 0 Å². The molecule has 0 spiro atoms. The predicted molar refractivity (Wildman–Crippen MR) is 67.7 cm³/mol. The Hall–Kier alpha value is -1.12. The van der Waals surface area contributed by atoms with Crippen LogP contribution in [0.2, 0.25) is 0 Å². The molecule has 20 heavy (non-hydrogen) atoms. The number of benzene rings is 1. The van der Waals surface area contributed by atoms with Gasteiger partial charge >= 0.3 is 6.18 Å². The van der Waals surface area contributed by atoms with Crippen molar-refractivity contribution in [2.45, 2.75) is 17.5 Å². The summed E-state index contributed by atoms with van der Waals surface area (Å²) in [4.78, 5) is -0.104. The van der Waals surface area contributed by atoms with Gasteiger partial charge in [-0.25, -0.2) is 8.42 Å². The predicted octanol–water partition coefficient (Wildman–Crippen LogP) is 1.69. The summed E-state index contributed by atoms with van der Waals surface area (Å²) in [5.74, 6) is 0. The maximum Gasteiger partial charge on any atom is 0.416 e. The number of hydrogen-bond donors (Lipinski definition) is 1. The normalized spacial score (nSPS) is 18.8. The van der Waals surface area contributed by atoms with Gasteiger partial charge in [-0.05, 0) is 37.2 Å².